The van der Waals surface area contributed by atoms with E-state index >= 15 is 0 Å². The highest BCUT2D eigenvalue weighted by Crippen LogP contribution is 2.24. The van der Waals surface area contributed by atoms with Crippen LogP contribution in [0.25, 0.3) is 11.0 Å². The summed E-state index contributed by atoms with van der Waals surface area (Å²) in [5.74, 6) is 0.207. The Morgan fingerprint density at radius 1 is 1.15 bits per heavy atom. The lowest BCUT2D eigenvalue weighted by Gasteiger charge is -2.39. The number of fused-ring (bicyclic) bond motifs is 1. The molecule has 1 aromatic carbocycles. The van der Waals surface area contributed by atoms with E-state index in [0.717, 1.165) is 6.20 Å². The molecule has 4 rings (SSSR count). The van der Waals surface area contributed by atoms with Gasteiger partial charge in [0.05, 0.1) is 22.1 Å². The van der Waals surface area contributed by atoms with Gasteiger partial charge in [-0.25, -0.2) is 22.6 Å². The first-order valence-electron chi connectivity index (χ1n) is 8.45. The summed E-state index contributed by atoms with van der Waals surface area (Å²) >= 11 is 0. The van der Waals surface area contributed by atoms with E-state index < -0.39 is 15.8 Å². The van der Waals surface area contributed by atoms with E-state index in [2.05, 4.69) is 15.0 Å². The third-order valence-corrected chi connectivity index (χ3v) is 6.58. The Morgan fingerprint density at radius 3 is 2.63 bits per heavy atom. The van der Waals surface area contributed by atoms with Gasteiger partial charge in [-0.3, -0.25) is 0 Å². The van der Waals surface area contributed by atoms with Crippen molar-refractivity contribution in [2.75, 3.05) is 24.5 Å². The molecular weight excluding hydrogens is 373 g/mol. The van der Waals surface area contributed by atoms with Gasteiger partial charge in [-0.1, -0.05) is 0 Å². The number of hydrogen-bond donors (Lipinski definition) is 2. The second kappa shape index (κ2) is 6.46. The number of anilines is 1. The number of imidazole rings is 1. The molecule has 1 saturated heterocycles. The van der Waals surface area contributed by atoms with E-state index in [4.69, 9.17) is 0 Å². The van der Waals surface area contributed by atoms with Gasteiger partial charge in [0.15, 0.2) is 0 Å². The monoisotopic (exact) mass is 391 g/mol. The molecule has 3 aromatic rings. The van der Waals surface area contributed by atoms with Crippen molar-refractivity contribution in [1.29, 1.82) is 0 Å². The van der Waals surface area contributed by atoms with E-state index in [-0.39, 0.29) is 29.7 Å². The summed E-state index contributed by atoms with van der Waals surface area (Å²) in [7, 11) is -3.70. The first-order valence-corrected chi connectivity index (χ1v) is 9.89. The molecule has 2 N–H and O–H groups in total. The van der Waals surface area contributed by atoms with E-state index in [1.807, 2.05) is 11.8 Å². The molecule has 8 nitrogen and oxygen atoms in total. The molecule has 1 fully saturated rings. The average molecular weight is 391 g/mol. The maximum atomic E-state index is 13.1. The minimum absolute atomic E-state index is 0.123. The molecule has 0 radical (unpaired) electrons. The summed E-state index contributed by atoms with van der Waals surface area (Å²) in [6, 6.07) is 7.32. The van der Waals surface area contributed by atoms with Gasteiger partial charge in [-0.15, -0.1) is 0 Å². The highest BCUT2D eigenvalue weighted by molar-refractivity contribution is 7.89. The van der Waals surface area contributed by atoms with Crippen LogP contribution >= 0.6 is 0 Å². The number of aromatic nitrogens is 3. The van der Waals surface area contributed by atoms with Crippen molar-refractivity contribution in [3.8, 4) is 0 Å². The number of pyridine rings is 1. The van der Waals surface area contributed by atoms with Crippen LogP contribution in [0.3, 0.4) is 0 Å². The number of halogens is 1. The first kappa shape index (κ1) is 17.7. The third-order valence-electron chi connectivity index (χ3n) is 4.72. The molecule has 2 aromatic heterocycles. The van der Waals surface area contributed by atoms with Gasteiger partial charge >= 0.3 is 5.69 Å². The molecule has 3 heterocycles. The molecule has 1 atom stereocenters. The van der Waals surface area contributed by atoms with Crippen molar-refractivity contribution in [2.24, 2.45) is 0 Å². The second-order valence-corrected chi connectivity index (χ2v) is 8.46. The highest BCUT2D eigenvalue weighted by Gasteiger charge is 2.33. The van der Waals surface area contributed by atoms with Crippen molar-refractivity contribution in [3.05, 3.63) is 52.8 Å². The molecule has 142 valence electrons. The summed E-state index contributed by atoms with van der Waals surface area (Å²) in [6.07, 6.45) is 1.15. The largest absolute Gasteiger partial charge is 0.351 e. The second-order valence-electron chi connectivity index (χ2n) is 6.53. The Kier molecular flexibility index (Phi) is 4.23. The third kappa shape index (κ3) is 3.21. The summed E-state index contributed by atoms with van der Waals surface area (Å²) in [4.78, 5) is 22.7. The number of sulfonamides is 1. The maximum Gasteiger partial charge on any atom is 0.323 e. The van der Waals surface area contributed by atoms with Gasteiger partial charge in [-0.2, -0.15) is 4.31 Å². The zero-order valence-electron chi connectivity index (χ0n) is 14.5. The van der Waals surface area contributed by atoms with Crippen molar-refractivity contribution in [3.63, 3.8) is 0 Å². The first-order chi connectivity index (χ1) is 12.8. The summed E-state index contributed by atoms with van der Waals surface area (Å²) in [5, 5.41) is 0. The predicted molar refractivity (Wildman–Crippen MR) is 98.7 cm³/mol. The Labute approximate surface area is 154 Å². The van der Waals surface area contributed by atoms with Gasteiger partial charge in [0.25, 0.3) is 0 Å². The molecule has 0 saturated carbocycles. The Balaban J connectivity index is 1.57. The lowest BCUT2D eigenvalue weighted by Crippen LogP contribution is -2.53. The molecule has 0 aliphatic carbocycles. The van der Waals surface area contributed by atoms with Crippen LogP contribution in [0.1, 0.15) is 6.92 Å². The molecule has 1 aliphatic heterocycles. The number of aromatic amines is 2. The number of H-pyrrole nitrogens is 2. The van der Waals surface area contributed by atoms with Crippen LogP contribution in [-0.4, -0.2) is 53.4 Å². The normalized spacial score (nSPS) is 18.9. The van der Waals surface area contributed by atoms with Crippen LogP contribution in [-0.2, 0) is 10.0 Å². The number of nitrogens with one attached hydrogen (secondary N) is 2. The summed E-state index contributed by atoms with van der Waals surface area (Å²) in [5.41, 5.74) is 0.622. The van der Waals surface area contributed by atoms with E-state index in [1.54, 1.807) is 12.1 Å². The summed E-state index contributed by atoms with van der Waals surface area (Å²) in [6.45, 7) is 2.92. The van der Waals surface area contributed by atoms with Crippen LogP contribution in [0.2, 0.25) is 0 Å². The fourth-order valence-corrected chi connectivity index (χ4v) is 4.88. The number of nitrogens with zero attached hydrogens (tertiary/aromatic N) is 3. The van der Waals surface area contributed by atoms with Crippen LogP contribution in [0.4, 0.5) is 10.2 Å². The number of piperazine rings is 1. The molecular formula is C17H18FN5O3S. The van der Waals surface area contributed by atoms with Gasteiger partial charge < -0.3 is 14.9 Å². The summed E-state index contributed by atoms with van der Waals surface area (Å²) < 4.78 is 40.5. The average Bonchev–Trinajstić information content (AvgIpc) is 3.01. The van der Waals surface area contributed by atoms with Crippen molar-refractivity contribution in [1.82, 2.24) is 19.3 Å². The van der Waals surface area contributed by atoms with E-state index in [1.165, 1.54) is 22.5 Å². The SMILES string of the molecule is CC1CN(S(=O)(=O)c2ccc3[nH]c(=O)[nH]c3c2)CCN1c1ccc(F)cn1. The molecule has 27 heavy (non-hydrogen) atoms. The van der Waals surface area contributed by atoms with Gasteiger partial charge in [-0.05, 0) is 37.3 Å². The van der Waals surface area contributed by atoms with Gasteiger partial charge in [0, 0.05) is 25.7 Å². The van der Waals surface area contributed by atoms with Crippen molar-refractivity contribution >= 4 is 26.9 Å². The highest BCUT2D eigenvalue weighted by atomic mass is 32.2. The predicted octanol–water partition coefficient (Wildman–Crippen LogP) is 1.29. The van der Waals surface area contributed by atoms with Crippen LogP contribution in [0.5, 0.6) is 0 Å². The maximum absolute atomic E-state index is 13.1. The topological polar surface area (TPSA) is 102 Å². The molecule has 1 unspecified atom stereocenters. The zero-order chi connectivity index (χ0) is 19.2. The quantitative estimate of drug-likeness (QED) is 0.701. The van der Waals surface area contributed by atoms with Crippen LogP contribution < -0.4 is 10.6 Å². The Bertz CT molecular complexity index is 1140. The number of hydrogen-bond acceptors (Lipinski definition) is 5. The van der Waals surface area contributed by atoms with E-state index in [0.29, 0.717) is 23.4 Å². The fourth-order valence-electron chi connectivity index (χ4n) is 3.34. The van der Waals surface area contributed by atoms with Crippen LogP contribution in [0, 0.1) is 5.82 Å². The molecule has 1 aliphatic rings. The fraction of sp³-hybridized carbons (Fsp3) is 0.294. The minimum atomic E-state index is -3.70. The number of benzene rings is 1. The Morgan fingerprint density at radius 2 is 1.93 bits per heavy atom. The van der Waals surface area contributed by atoms with Crippen LogP contribution in [0.15, 0.2) is 46.2 Å². The van der Waals surface area contributed by atoms with Gasteiger partial charge in [0.1, 0.15) is 11.6 Å². The molecule has 0 spiro atoms. The lowest BCUT2D eigenvalue weighted by atomic mass is 10.2. The smallest absolute Gasteiger partial charge is 0.323 e. The standard InChI is InChI=1S/C17H18FN5O3S/c1-11-10-22(6-7-23(11)16-5-2-12(18)9-19-16)27(25,26)13-3-4-14-15(8-13)21-17(24)20-14/h2-5,8-9,11H,6-7,10H2,1H3,(H2,20,21,24). The molecule has 0 bridgehead atoms. The Hall–Kier alpha value is -2.72. The number of rotatable bonds is 3. The molecule has 10 heteroatoms. The zero-order valence-corrected chi connectivity index (χ0v) is 15.3. The van der Waals surface area contributed by atoms with Crippen molar-refractivity contribution < 1.29 is 12.8 Å². The van der Waals surface area contributed by atoms with Gasteiger partial charge in [0.2, 0.25) is 10.0 Å². The van der Waals surface area contributed by atoms with Crippen molar-refractivity contribution in [2.45, 2.75) is 17.9 Å². The van der Waals surface area contributed by atoms with E-state index in [9.17, 15) is 17.6 Å². The lowest BCUT2D eigenvalue weighted by molar-refractivity contribution is 0.341. The minimum Gasteiger partial charge on any atom is -0.351 e. The molecule has 0 amide bonds.